The van der Waals surface area contributed by atoms with Crippen molar-refractivity contribution in [3.05, 3.63) is 17.2 Å². The lowest BCUT2D eigenvalue weighted by Crippen LogP contribution is -2.42. The van der Waals surface area contributed by atoms with Crippen LogP contribution in [0, 0.1) is 0 Å². The predicted molar refractivity (Wildman–Crippen MR) is 89.9 cm³/mol. The molecule has 3 amide bonds. The molecular weight excluding hydrogens is 336 g/mol. The summed E-state index contributed by atoms with van der Waals surface area (Å²) < 4.78 is 10.5. The first-order chi connectivity index (χ1) is 11.6. The smallest absolute Gasteiger partial charge is 0.319 e. The largest absolute Gasteiger partial charge is 0.480 e. The monoisotopic (exact) mass is 354 g/mol. The Labute approximate surface area is 144 Å². The Kier molecular flexibility index (Phi) is 5.39. The summed E-state index contributed by atoms with van der Waals surface area (Å²) in [5, 5.41) is 8.49. The first-order valence-corrected chi connectivity index (χ1v) is 8.11. The van der Waals surface area contributed by atoms with Crippen molar-refractivity contribution < 1.29 is 19.1 Å². The van der Waals surface area contributed by atoms with Crippen molar-refractivity contribution in [3.63, 3.8) is 0 Å². The number of carbonyl (C=O) groups is 2. The summed E-state index contributed by atoms with van der Waals surface area (Å²) in [6.07, 6.45) is 0. The lowest BCUT2D eigenvalue weighted by Gasteiger charge is -2.26. The summed E-state index contributed by atoms with van der Waals surface area (Å²) >= 11 is 6.12. The summed E-state index contributed by atoms with van der Waals surface area (Å²) in [7, 11) is 0. The van der Waals surface area contributed by atoms with Gasteiger partial charge in [0.2, 0.25) is 0 Å². The molecule has 1 aromatic carbocycles. The lowest BCUT2D eigenvalue weighted by molar-refractivity contribution is -0.118. The molecular formula is C15H19ClN4O4. The number of morpholine rings is 1. The fourth-order valence-corrected chi connectivity index (χ4v) is 2.83. The van der Waals surface area contributed by atoms with E-state index in [1.807, 2.05) is 0 Å². The summed E-state index contributed by atoms with van der Waals surface area (Å²) in [5.74, 6) is 0.153. The molecule has 0 saturated carbocycles. The zero-order valence-electron chi connectivity index (χ0n) is 13.1. The van der Waals surface area contributed by atoms with Gasteiger partial charge in [-0.15, -0.1) is 0 Å². The highest BCUT2D eigenvalue weighted by Gasteiger charge is 2.20. The van der Waals surface area contributed by atoms with E-state index in [9.17, 15) is 9.59 Å². The van der Waals surface area contributed by atoms with Gasteiger partial charge in [-0.3, -0.25) is 9.69 Å². The van der Waals surface area contributed by atoms with Crippen molar-refractivity contribution in [3.8, 4) is 5.75 Å². The Balaban J connectivity index is 1.51. The molecule has 0 bridgehead atoms. The second-order valence-electron chi connectivity index (χ2n) is 5.51. The van der Waals surface area contributed by atoms with Crippen LogP contribution < -0.4 is 20.7 Å². The molecule has 1 saturated heterocycles. The standard InChI is InChI=1S/C15H19ClN4O4/c16-11-7-10(8-12-14(11)24-9-13(21)19-12)18-15(22)17-1-2-20-3-5-23-6-4-20/h7-8H,1-6,9H2,(H,19,21)(H2,17,18,22). The highest BCUT2D eigenvalue weighted by molar-refractivity contribution is 6.33. The maximum absolute atomic E-state index is 12.0. The van der Waals surface area contributed by atoms with Gasteiger partial charge in [-0.25, -0.2) is 4.79 Å². The van der Waals surface area contributed by atoms with Crippen LogP contribution in [0.2, 0.25) is 5.02 Å². The molecule has 9 heteroatoms. The molecule has 0 spiro atoms. The molecule has 1 fully saturated rings. The third kappa shape index (κ3) is 4.28. The van der Waals surface area contributed by atoms with Gasteiger partial charge in [0.05, 0.1) is 23.9 Å². The van der Waals surface area contributed by atoms with Gasteiger partial charge in [0.15, 0.2) is 12.4 Å². The Hall–Kier alpha value is -2.03. The van der Waals surface area contributed by atoms with Crippen molar-refractivity contribution >= 4 is 34.9 Å². The van der Waals surface area contributed by atoms with Gasteiger partial charge in [0.1, 0.15) is 0 Å². The minimum Gasteiger partial charge on any atom is -0.480 e. The van der Waals surface area contributed by atoms with Gasteiger partial charge in [0.25, 0.3) is 5.91 Å². The molecule has 3 rings (SSSR count). The molecule has 3 N–H and O–H groups in total. The summed E-state index contributed by atoms with van der Waals surface area (Å²) in [6.45, 7) is 4.45. The molecule has 0 aliphatic carbocycles. The van der Waals surface area contributed by atoms with E-state index in [1.165, 1.54) is 0 Å². The highest BCUT2D eigenvalue weighted by atomic mass is 35.5. The number of urea groups is 1. The van der Waals surface area contributed by atoms with Crippen molar-refractivity contribution in [2.24, 2.45) is 0 Å². The Morgan fingerprint density at radius 3 is 2.92 bits per heavy atom. The van der Waals surface area contributed by atoms with Crippen LogP contribution in [0.1, 0.15) is 0 Å². The van der Waals surface area contributed by atoms with Crippen molar-refractivity contribution in [1.29, 1.82) is 0 Å². The maximum atomic E-state index is 12.0. The van der Waals surface area contributed by atoms with E-state index in [1.54, 1.807) is 12.1 Å². The number of anilines is 2. The van der Waals surface area contributed by atoms with Crippen LogP contribution in [0.5, 0.6) is 5.75 Å². The number of hydrogen-bond acceptors (Lipinski definition) is 5. The molecule has 0 aromatic heterocycles. The van der Waals surface area contributed by atoms with Crippen LogP contribution in [0.4, 0.5) is 16.2 Å². The quantitative estimate of drug-likeness (QED) is 0.753. The third-order valence-corrected chi connectivity index (χ3v) is 4.02. The Morgan fingerprint density at radius 2 is 2.12 bits per heavy atom. The van der Waals surface area contributed by atoms with Gasteiger partial charge < -0.3 is 25.4 Å². The van der Waals surface area contributed by atoms with Crippen LogP contribution in [0.15, 0.2) is 12.1 Å². The van der Waals surface area contributed by atoms with E-state index < -0.39 is 0 Å². The lowest BCUT2D eigenvalue weighted by atomic mass is 10.2. The number of carbonyl (C=O) groups excluding carboxylic acids is 2. The van der Waals surface area contributed by atoms with Gasteiger partial charge in [-0.1, -0.05) is 11.6 Å². The van der Waals surface area contributed by atoms with Crippen LogP contribution in [0.3, 0.4) is 0 Å². The average molecular weight is 355 g/mol. The number of amides is 3. The van der Waals surface area contributed by atoms with Crippen LogP contribution in [0.25, 0.3) is 0 Å². The normalized spacial score (nSPS) is 17.5. The van der Waals surface area contributed by atoms with E-state index in [4.69, 9.17) is 21.1 Å². The number of ether oxygens (including phenoxy) is 2. The third-order valence-electron chi connectivity index (χ3n) is 3.74. The van der Waals surface area contributed by atoms with Crippen molar-refractivity contribution in [2.75, 3.05) is 56.6 Å². The van der Waals surface area contributed by atoms with E-state index in [-0.39, 0.29) is 18.5 Å². The molecule has 0 atom stereocenters. The highest BCUT2D eigenvalue weighted by Crippen LogP contribution is 2.38. The first-order valence-electron chi connectivity index (χ1n) is 7.73. The number of rotatable bonds is 4. The van der Waals surface area contributed by atoms with E-state index in [2.05, 4.69) is 20.9 Å². The summed E-state index contributed by atoms with van der Waals surface area (Å²) in [4.78, 5) is 25.6. The predicted octanol–water partition coefficient (Wildman–Crippen LogP) is 1.12. The average Bonchev–Trinajstić information content (AvgIpc) is 2.55. The second kappa shape index (κ2) is 7.69. The summed E-state index contributed by atoms with van der Waals surface area (Å²) in [6, 6.07) is 2.86. The zero-order chi connectivity index (χ0) is 16.9. The molecule has 2 aliphatic heterocycles. The van der Waals surface area contributed by atoms with Gasteiger partial charge in [-0.05, 0) is 12.1 Å². The molecule has 130 valence electrons. The first kappa shape index (κ1) is 16.8. The number of nitrogens with one attached hydrogen (secondary N) is 3. The fourth-order valence-electron chi connectivity index (χ4n) is 2.56. The molecule has 0 unspecified atom stereocenters. The second-order valence-corrected chi connectivity index (χ2v) is 5.91. The number of halogens is 1. The topological polar surface area (TPSA) is 91.9 Å². The number of benzene rings is 1. The fraction of sp³-hybridized carbons (Fsp3) is 0.467. The zero-order valence-corrected chi connectivity index (χ0v) is 13.8. The van der Waals surface area contributed by atoms with Crippen molar-refractivity contribution in [2.45, 2.75) is 0 Å². The van der Waals surface area contributed by atoms with Gasteiger partial charge in [-0.2, -0.15) is 0 Å². The molecule has 2 aliphatic rings. The molecule has 24 heavy (non-hydrogen) atoms. The van der Waals surface area contributed by atoms with Crippen molar-refractivity contribution in [1.82, 2.24) is 10.2 Å². The van der Waals surface area contributed by atoms with Crippen LogP contribution in [-0.4, -0.2) is 62.8 Å². The molecule has 2 heterocycles. The molecule has 1 aromatic rings. The minimum absolute atomic E-state index is 0.0679. The molecule has 8 nitrogen and oxygen atoms in total. The Bertz CT molecular complexity index is 634. The van der Waals surface area contributed by atoms with E-state index >= 15 is 0 Å². The number of fused-ring (bicyclic) bond motifs is 1. The maximum Gasteiger partial charge on any atom is 0.319 e. The SMILES string of the molecule is O=C1COc2c(Cl)cc(NC(=O)NCCN3CCOCC3)cc2N1. The molecule has 0 radical (unpaired) electrons. The Morgan fingerprint density at radius 1 is 1.33 bits per heavy atom. The van der Waals surface area contributed by atoms with Crippen LogP contribution >= 0.6 is 11.6 Å². The number of hydrogen-bond donors (Lipinski definition) is 3. The number of nitrogens with zero attached hydrogens (tertiary/aromatic N) is 1. The van der Waals surface area contributed by atoms with Crippen LogP contribution in [-0.2, 0) is 9.53 Å². The van der Waals surface area contributed by atoms with Gasteiger partial charge >= 0.3 is 6.03 Å². The summed E-state index contributed by atoms with van der Waals surface area (Å²) in [5.41, 5.74) is 0.927. The van der Waals surface area contributed by atoms with E-state index in [0.29, 0.717) is 28.7 Å². The minimum atomic E-state index is -0.331. The van der Waals surface area contributed by atoms with Gasteiger partial charge in [0, 0.05) is 31.9 Å². The van der Waals surface area contributed by atoms with E-state index in [0.717, 1.165) is 32.8 Å².